The molecule has 0 aliphatic heterocycles. The Morgan fingerprint density at radius 3 is 2.23 bits per heavy atom. The maximum atomic E-state index is 11.7. The van der Waals surface area contributed by atoms with Gasteiger partial charge in [-0.15, -0.1) is 0 Å². The first-order chi connectivity index (χ1) is 10.6. The Morgan fingerprint density at radius 1 is 1.00 bits per heavy atom. The molecule has 0 saturated heterocycles. The summed E-state index contributed by atoms with van der Waals surface area (Å²) in [6.07, 6.45) is 2.94. The summed E-state index contributed by atoms with van der Waals surface area (Å²) in [5.74, 6) is -0.611. The van der Waals surface area contributed by atoms with E-state index in [0.717, 1.165) is 5.56 Å². The smallest absolute Gasteiger partial charge is 0.337 e. The van der Waals surface area contributed by atoms with Gasteiger partial charge in [0, 0.05) is 11.1 Å². The fourth-order valence-electron chi connectivity index (χ4n) is 1.67. The van der Waals surface area contributed by atoms with Crippen molar-refractivity contribution in [2.24, 2.45) is 0 Å². The molecule has 22 heavy (non-hydrogen) atoms. The van der Waals surface area contributed by atoms with Gasteiger partial charge in [0.15, 0.2) is 0 Å². The first-order valence-electron chi connectivity index (χ1n) is 6.42. The molecule has 4 nitrogen and oxygen atoms in total. The van der Waals surface area contributed by atoms with E-state index in [0.29, 0.717) is 16.3 Å². The summed E-state index contributed by atoms with van der Waals surface area (Å²) in [6.45, 7) is 0. The van der Waals surface area contributed by atoms with Crippen LogP contribution in [-0.4, -0.2) is 19.0 Å². The molecule has 0 spiro atoms. The van der Waals surface area contributed by atoms with Gasteiger partial charge in [-0.1, -0.05) is 23.7 Å². The van der Waals surface area contributed by atoms with Gasteiger partial charge in [-0.2, -0.15) is 0 Å². The highest BCUT2D eigenvalue weighted by atomic mass is 35.5. The first-order valence-corrected chi connectivity index (χ1v) is 6.80. The molecule has 0 heterocycles. The van der Waals surface area contributed by atoms with Crippen molar-refractivity contribution < 1.29 is 19.1 Å². The molecule has 2 aromatic rings. The minimum Gasteiger partial charge on any atom is -0.465 e. The molecule has 112 valence electrons. The number of carbonyl (C=O) groups excluding carboxylic acids is 2. The van der Waals surface area contributed by atoms with Crippen LogP contribution in [0.3, 0.4) is 0 Å². The van der Waals surface area contributed by atoms with Gasteiger partial charge in [0.05, 0.1) is 12.7 Å². The van der Waals surface area contributed by atoms with Gasteiger partial charge in [-0.3, -0.25) is 0 Å². The normalized spacial score (nSPS) is 10.5. The summed E-state index contributed by atoms with van der Waals surface area (Å²) in [4.78, 5) is 23.0. The molecule has 0 N–H and O–H groups in total. The summed E-state index contributed by atoms with van der Waals surface area (Å²) in [5, 5.41) is 0.630. The van der Waals surface area contributed by atoms with Crippen LogP contribution in [0.25, 0.3) is 6.08 Å². The number of hydrogen-bond donors (Lipinski definition) is 0. The lowest BCUT2D eigenvalue weighted by Crippen LogP contribution is -2.05. The Hall–Kier alpha value is -2.59. The quantitative estimate of drug-likeness (QED) is 0.490. The summed E-state index contributed by atoms with van der Waals surface area (Å²) >= 11 is 5.78. The fourth-order valence-corrected chi connectivity index (χ4v) is 1.79. The zero-order valence-electron chi connectivity index (χ0n) is 11.8. The van der Waals surface area contributed by atoms with Crippen LogP contribution >= 0.6 is 11.6 Å². The van der Waals surface area contributed by atoms with Gasteiger partial charge in [0.25, 0.3) is 0 Å². The number of methoxy groups -OCH3 is 1. The minimum atomic E-state index is -0.513. The Bertz CT molecular complexity index is 688. The van der Waals surface area contributed by atoms with Crippen molar-refractivity contribution in [2.45, 2.75) is 0 Å². The van der Waals surface area contributed by atoms with E-state index < -0.39 is 11.9 Å². The molecular formula is C17H13ClO4. The standard InChI is InChI=1S/C17H13ClO4/c1-21-17(20)13-5-9-15(10-6-13)22-16(19)11-4-12-2-7-14(18)8-3-12/h2-11H,1H3. The highest BCUT2D eigenvalue weighted by Crippen LogP contribution is 2.14. The predicted molar refractivity (Wildman–Crippen MR) is 83.9 cm³/mol. The molecule has 0 aromatic heterocycles. The maximum absolute atomic E-state index is 11.7. The average Bonchev–Trinajstić information content (AvgIpc) is 2.54. The van der Waals surface area contributed by atoms with E-state index in [9.17, 15) is 9.59 Å². The molecule has 0 amide bonds. The van der Waals surface area contributed by atoms with Crippen LogP contribution in [0.5, 0.6) is 5.75 Å². The molecule has 5 heteroatoms. The van der Waals surface area contributed by atoms with E-state index in [1.165, 1.54) is 37.5 Å². The van der Waals surface area contributed by atoms with E-state index in [1.54, 1.807) is 30.3 Å². The van der Waals surface area contributed by atoms with E-state index in [2.05, 4.69) is 4.74 Å². The average molecular weight is 317 g/mol. The van der Waals surface area contributed by atoms with Crippen molar-refractivity contribution in [1.82, 2.24) is 0 Å². The lowest BCUT2D eigenvalue weighted by molar-refractivity contribution is -0.128. The minimum absolute atomic E-state index is 0.346. The number of benzene rings is 2. The zero-order valence-corrected chi connectivity index (χ0v) is 12.5. The van der Waals surface area contributed by atoms with Crippen LogP contribution < -0.4 is 4.74 Å². The van der Waals surface area contributed by atoms with Crippen molar-refractivity contribution >= 4 is 29.6 Å². The van der Waals surface area contributed by atoms with Crippen molar-refractivity contribution in [2.75, 3.05) is 7.11 Å². The predicted octanol–water partition coefficient (Wildman–Crippen LogP) is 3.75. The largest absolute Gasteiger partial charge is 0.465 e. The molecular weight excluding hydrogens is 304 g/mol. The highest BCUT2D eigenvalue weighted by Gasteiger charge is 2.06. The van der Waals surface area contributed by atoms with Crippen LogP contribution in [0.15, 0.2) is 54.6 Å². The topological polar surface area (TPSA) is 52.6 Å². The van der Waals surface area contributed by atoms with Gasteiger partial charge in [-0.25, -0.2) is 9.59 Å². The number of esters is 2. The summed E-state index contributed by atoms with van der Waals surface area (Å²) in [5.41, 5.74) is 1.22. The Morgan fingerprint density at radius 2 is 1.64 bits per heavy atom. The Balaban J connectivity index is 1.97. The Kier molecular flexibility index (Phi) is 5.33. The van der Waals surface area contributed by atoms with E-state index in [-0.39, 0.29) is 0 Å². The Labute approximate surface area is 132 Å². The summed E-state index contributed by atoms with van der Waals surface area (Å²) < 4.78 is 9.71. The third-order valence-corrected chi connectivity index (χ3v) is 3.03. The number of hydrogen-bond acceptors (Lipinski definition) is 4. The zero-order chi connectivity index (χ0) is 15.9. The van der Waals surface area contributed by atoms with Crippen LogP contribution in [0.4, 0.5) is 0 Å². The molecule has 0 radical (unpaired) electrons. The van der Waals surface area contributed by atoms with Crippen LogP contribution in [-0.2, 0) is 9.53 Å². The fraction of sp³-hybridized carbons (Fsp3) is 0.0588. The second-order valence-corrected chi connectivity index (χ2v) is 4.76. The SMILES string of the molecule is COC(=O)c1ccc(OC(=O)C=Cc2ccc(Cl)cc2)cc1. The molecule has 2 rings (SSSR count). The van der Waals surface area contributed by atoms with Crippen molar-refractivity contribution in [3.63, 3.8) is 0 Å². The van der Waals surface area contributed by atoms with Gasteiger partial charge in [0.1, 0.15) is 5.75 Å². The molecule has 0 atom stereocenters. The number of rotatable bonds is 4. The van der Waals surface area contributed by atoms with Crippen LogP contribution in [0.1, 0.15) is 15.9 Å². The van der Waals surface area contributed by atoms with Gasteiger partial charge in [-0.05, 0) is 48.0 Å². The lowest BCUT2D eigenvalue weighted by atomic mass is 10.2. The second-order valence-electron chi connectivity index (χ2n) is 4.32. The van der Waals surface area contributed by atoms with Gasteiger partial charge >= 0.3 is 11.9 Å². The molecule has 0 aliphatic carbocycles. The summed E-state index contributed by atoms with van der Waals surface area (Å²) in [6, 6.07) is 13.2. The van der Waals surface area contributed by atoms with Crippen molar-refractivity contribution in [1.29, 1.82) is 0 Å². The molecule has 0 saturated carbocycles. The maximum Gasteiger partial charge on any atom is 0.337 e. The van der Waals surface area contributed by atoms with Crippen molar-refractivity contribution in [3.05, 3.63) is 70.8 Å². The third kappa shape index (κ3) is 4.46. The molecule has 0 fully saturated rings. The van der Waals surface area contributed by atoms with Gasteiger partial charge < -0.3 is 9.47 Å². The second kappa shape index (κ2) is 7.43. The number of ether oxygens (including phenoxy) is 2. The number of halogens is 1. The number of carbonyl (C=O) groups is 2. The molecule has 0 bridgehead atoms. The summed E-state index contributed by atoms with van der Waals surface area (Å²) in [7, 11) is 1.30. The van der Waals surface area contributed by atoms with Crippen LogP contribution in [0.2, 0.25) is 5.02 Å². The lowest BCUT2D eigenvalue weighted by Gasteiger charge is -2.03. The van der Waals surface area contributed by atoms with Crippen molar-refractivity contribution in [3.8, 4) is 5.75 Å². The first kappa shape index (κ1) is 15.8. The third-order valence-electron chi connectivity index (χ3n) is 2.78. The van der Waals surface area contributed by atoms with E-state index >= 15 is 0 Å². The van der Waals surface area contributed by atoms with E-state index in [4.69, 9.17) is 16.3 Å². The molecule has 0 aliphatic rings. The highest BCUT2D eigenvalue weighted by molar-refractivity contribution is 6.30. The molecule has 0 unspecified atom stereocenters. The van der Waals surface area contributed by atoms with Gasteiger partial charge in [0.2, 0.25) is 0 Å². The molecule has 2 aromatic carbocycles. The van der Waals surface area contributed by atoms with E-state index in [1.807, 2.05) is 0 Å². The van der Waals surface area contributed by atoms with Crippen LogP contribution in [0, 0.1) is 0 Å². The monoisotopic (exact) mass is 316 g/mol.